The highest BCUT2D eigenvalue weighted by Gasteiger charge is 2.32. The van der Waals surface area contributed by atoms with Crippen LogP contribution in [-0.2, 0) is 0 Å². The minimum atomic E-state index is -4.70. The molecule has 1 aromatic rings. The highest BCUT2D eigenvalue weighted by Crippen LogP contribution is 2.33. The van der Waals surface area contributed by atoms with Gasteiger partial charge in [-0.15, -0.1) is 13.2 Å². The fourth-order valence-corrected chi connectivity index (χ4v) is 2.25. The van der Waals surface area contributed by atoms with Gasteiger partial charge >= 0.3 is 6.36 Å². The van der Waals surface area contributed by atoms with Crippen LogP contribution in [0, 0.1) is 0 Å². The van der Waals surface area contributed by atoms with Crippen molar-refractivity contribution in [2.45, 2.75) is 44.7 Å². The van der Waals surface area contributed by atoms with Crippen LogP contribution in [0.1, 0.15) is 26.2 Å². The Kier molecular flexibility index (Phi) is 5.37. The molecule has 0 aromatic heterocycles. The highest BCUT2D eigenvalue weighted by molar-refractivity contribution is 9.10. The number of nitrogens with one attached hydrogen (secondary N) is 1. The monoisotopic (exact) mass is 367 g/mol. The van der Waals surface area contributed by atoms with Gasteiger partial charge in [-0.3, -0.25) is 0 Å². The summed E-state index contributed by atoms with van der Waals surface area (Å²) >= 11 is 3.06. The third-order valence-electron chi connectivity index (χ3n) is 3.10. The van der Waals surface area contributed by atoms with Gasteiger partial charge in [-0.1, -0.05) is 6.92 Å². The van der Waals surface area contributed by atoms with Crippen molar-refractivity contribution in [3.8, 4) is 11.5 Å². The van der Waals surface area contributed by atoms with E-state index in [2.05, 4.69) is 26.0 Å². The lowest BCUT2D eigenvalue weighted by Crippen LogP contribution is -2.32. The summed E-state index contributed by atoms with van der Waals surface area (Å²) in [5, 5.41) is 3.37. The van der Waals surface area contributed by atoms with Crippen molar-refractivity contribution in [2.24, 2.45) is 0 Å². The van der Waals surface area contributed by atoms with E-state index in [4.69, 9.17) is 4.74 Å². The van der Waals surface area contributed by atoms with Gasteiger partial charge in [-0.05, 0) is 53.4 Å². The molecular weight excluding hydrogens is 351 g/mol. The quantitative estimate of drug-likeness (QED) is 0.780. The Bertz CT molecular complexity index is 478. The molecule has 21 heavy (non-hydrogen) atoms. The summed E-state index contributed by atoms with van der Waals surface area (Å²) in [5.74, 6) is 0.236. The Balaban J connectivity index is 1.94. The average molecular weight is 368 g/mol. The normalized spacial score (nSPS) is 16.6. The predicted octanol–water partition coefficient (Wildman–Crippen LogP) is 4.26. The summed E-state index contributed by atoms with van der Waals surface area (Å²) in [6, 6.07) is 4.80. The fraction of sp³-hybridized carbons (Fsp3) is 0.571. The van der Waals surface area contributed by atoms with Crippen LogP contribution in [0.5, 0.6) is 11.5 Å². The van der Waals surface area contributed by atoms with Crippen molar-refractivity contribution in [2.75, 3.05) is 6.54 Å². The maximum atomic E-state index is 12.2. The highest BCUT2D eigenvalue weighted by atomic mass is 79.9. The van der Waals surface area contributed by atoms with E-state index in [0.717, 1.165) is 13.0 Å². The summed E-state index contributed by atoms with van der Waals surface area (Å²) in [4.78, 5) is 0. The second kappa shape index (κ2) is 6.87. The fourth-order valence-electron chi connectivity index (χ4n) is 1.81. The first-order valence-electron chi connectivity index (χ1n) is 6.82. The predicted molar refractivity (Wildman–Crippen MR) is 76.6 cm³/mol. The Morgan fingerprint density at radius 1 is 1.38 bits per heavy atom. The number of alkyl halides is 3. The molecule has 3 nitrogen and oxygen atoms in total. The van der Waals surface area contributed by atoms with E-state index in [1.807, 2.05) is 6.92 Å². The van der Waals surface area contributed by atoms with Crippen LogP contribution in [0.2, 0.25) is 0 Å². The van der Waals surface area contributed by atoms with Crippen LogP contribution in [0.15, 0.2) is 22.7 Å². The molecule has 0 saturated heterocycles. The minimum absolute atomic E-state index is 0.00751. The van der Waals surface area contributed by atoms with Crippen LogP contribution in [0.25, 0.3) is 0 Å². The van der Waals surface area contributed by atoms with E-state index in [-0.39, 0.29) is 16.3 Å². The van der Waals surface area contributed by atoms with Crippen molar-refractivity contribution < 1.29 is 22.6 Å². The van der Waals surface area contributed by atoms with E-state index in [1.54, 1.807) is 0 Å². The van der Waals surface area contributed by atoms with Crippen LogP contribution < -0.4 is 14.8 Å². The summed E-state index contributed by atoms with van der Waals surface area (Å²) < 4.78 is 46.4. The second-order valence-corrected chi connectivity index (χ2v) is 5.82. The summed E-state index contributed by atoms with van der Waals surface area (Å²) in [6.07, 6.45) is -1.49. The molecule has 2 rings (SSSR count). The first-order chi connectivity index (χ1) is 9.87. The van der Waals surface area contributed by atoms with Crippen molar-refractivity contribution in [3.05, 3.63) is 22.7 Å². The molecule has 1 atom stereocenters. The molecule has 1 aliphatic carbocycles. The molecule has 118 valence electrons. The van der Waals surface area contributed by atoms with Gasteiger partial charge in [-0.2, -0.15) is 0 Å². The first-order valence-corrected chi connectivity index (χ1v) is 7.62. The largest absolute Gasteiger partial charge is 0.573 e. The molecule has 0 bridgehead atoms. The molecule has 7 heteroatoms. The molecule has 1 unspecified atom stereocenters. The lowest BCUT2D eigenvalue weighted by molar-refractivity contribution is -0.274. The van der Waals surface area contributed by atoms with Crippen LogP contribution in [0.4, 0.5) is 13.2 Å². The Labute approximate surface area is 129 Å². The molecule has 1 aliphatic rings. The van der Waals surface area contributed by atoms with Gasteiger partial charge in [-0.25, -0.2) is 0 Å². The topological polar surface area (TPSA) is 30.5 Å². The van der Waals surface area contributed by atoms with Crippen molar-refractivity contribution in [1.82, 2.24) is 5.32 Å². The molecule has 0 radical (unpaired) electrons. The number of hydrogen-bond donors (Lipinski definition) is 1. The number of halogens is 4. The minimum Gasteiger partial charge on any atom is -0.489 e. The zero-order chi connectivity index (χ0) is 15.5. The molecule has 0 spiro atoms. The number of hydrogen-bond acceptors (Lipinski definition) is 3. The third kappa shape index (κ3) is 5.74. The van der Waals surface area contributed by atoms with Gasteiger partial charge in [0.2, 0.25) is 0 Å². The zero-order valence-electron chi connectivity index (χ0n) is 11.5. The zero-order valence-corrected chi connectivity index (χ0v) is 13.1. The maximum absolute atomic E-state index is 12.2. The molecule has 1 saturated carbocycles. The standard InChI is InChI=1S/C14H17BrF3NO2/c1-2-10(8-19-9-3-4-9)20-11-5-6-13(12(15)7-11)21-14(16,17)18/h5-7,9-10,19H,2-4,8H2,1H3. The SMILES string of the molecule is CCC(CNC1CC1)Oc1ccc(OC(F)(F)F)c(Br)c1. The number of rotatable bonds is 7. The van der Waals surface area contributed by atoms with Gasteiger partial charge in [0.1, 0.15) is 17.6 Å². The van der Waals surface area contributed by atoms with Crippen LogP contribution in [0.3, 0.4) is 0 Å². The molecule has 0 amide bonds. The molecular formula is C14H17BrF3NO2. The van der Waals surface area contributed by atoms with Gasteiger partial charge in [0.05, 0.1) is 4.47 Å². The summed E-state index contributed by atoms with van der Waals surface area (Å²) in [5.41, 5.74) is 0. The van der Waals surface area contributed by atoms with Crippen molar-refractivity contribution in [3.63, 3.8) is 0 Å². The molecule has 1 N–H and O–H groups in total. The van der Waals surface area contributed by atoms with Crippen LogP contribution >= 0.6 is 15.9 Å². The first kappa shape index (κ1) is 16.4. The Morgan fingerprint density at radius 2 is 2.10 bits per heavy atom. The molecule has 0 heterocycles. The van der Waals surface area contributed by atoms with Crippen LogP contribution in [-0.4, -0.2) is 25.1 Å². The van der Waals surface area contributed by atoms with E-state index in [1.165, 1.54) is 31.0 Å². The molecule has 1 aromatic carbocycles. The summed E-state index contributed by atoms with van der Waals surface area (Å²) in [7, 11) is 0. The van der Waals surface area contributed by atoms with Gasteiger partial charge in [0.15, 0.2) is 0 Å². The van der Waals surface area contributed by atoms with Crippen molar-refractivity contribution >= 4 is 15.9 Å². The Morgan fingerprint density at radius 3 is 2.62 bits per heavy atom. The van der Waals surface area contributed by atoms with Gasteiger partial charge in [0.25, 0.3) is 0 Å². The maximum Gasteiger partial charge on any atom is 0.573 e. The lowest BCUT2D eigenvalue weighted by atomic mass is 10.2. The second-order valence-electron chi connectivity index (χ2n) is 4.97. The van der Waals surface area contributed by atoms with Crippen molar-refractivity contribution in [1.29, 1.82) is 0 Å². The van der Waals surface area contributed by atoms with Gasteiger partial charge in [0, 0.05) is 12.6 Å². The number of benzene rings is 1. The average Bonchev–Trinajstić information content (AvgIpc) is 3.20. The smallest absolute Gasteiger partial charge is 0.489 e. The van der Waals surface area contributed by atoms with E-state index >= 15 is 0 Å². The number of ether oxygens (including phenoxy) is 2. The lowest BCUT2D eigenvalue weighted by Gasteiger charge is -2.19. The van der Waals surface area contributed by atoms with Gasteiger partial charge < -0.3 is 14.8 Å². The van der Waals surface area contributed by atoms with E-state index < -0.39 is 6.36 Å². The summed E-state index contributed by atoms with van der Waals surface area (Å²) in [6.45, 7) is 2.75. The molecule has 1 fully saturated rings. The third-order valence-corrected chi connectivity index (χ3v) is 3.72. The molecule has 0 aliphatic heterocycles. The van der Waals surface area contributed by atoms with E-state index in [0.29, 0.717) is 11.8 Å². The van der Waals surface area contributed by atoms with E-state index in [9.17, 15) is 13.2 Å². The Hall–Kier alpha value is -0.950.